The summed E-state index contributed by atoms with van der Waals surface area (Å²) in [5.41, 5.74) is 4.21. The molecule has 2 nitrogen and oxygen atoms in total. The fourth-order valence-electron chi connectivity index (χ4n) is 2.41. The Kier molecular flexibility index (Phi) is 4.28. The molecule has 100 valence electrons. The number of nitrogens with one attached hydrogen (secondary N) is 1. The third-order valence-corrected chi connectivity index (χ3v) is 3.69. The van der Waals surface area contributed by atoms with Gasteiger partial charge in [0.05, 0.1) is 0 Å². The molecule has 1 aromatic carbocycles. The van der Waals surface area contributed by atoms with Gasteiger partial charge in [-0.2, -0.15) is 0 Å². The van der Waals surface area contributed by atoms with E-state index < -0.39 is 0 Å². The molecule has 0 heterocycles. The fraction of sp³-hybridized carbons (Fsp3) is 0.625. The van der Waals surface area contributed by atoms with Gasteiger partial charge in [-0.05, 0) is 49.9 Å². The molecule has 0 aliphatic heterocycles. The molecule has 1 aromatic rings. The molecule has 1 aliphatic rings. The molecule has 0 amide bonds. The van der Waals surface area contributed by atoms with Crippen molar-refractivity contribution in [3.8, 4) is 0 Å². The average Bonchev–Trinajstić information content (AvgIpc) is 3.13. The number of benzene rings is 1. The second-order valence-corrected chi connectivity index (χ2v) is 5.66. The minimum absolute atomic E-state index is 0.544. The van der Waals surface area contributed by atoms with Gasteiger partial charge in [-0.1, -0.05) is 19.9 Å². The SMILES string of the molecule is CCN(c1ccc(CNC(C)C)c(C)c1)C1CC1. The third-order valence-electron chi connectivity index (χ3n) is 3.69. The van der Waals surface area contributed by atoms with E-state index in [-0.39, 0.29) is 0 Å². The summed E-state index contributed by atoms with van der Waals surface area (Å²) >= 11 is 0. The molecule has 0 saturated heterocycles. The summed E-state index contributed by atoms with van der Waals surface area (Å²) in [6, 6.07) is 8.26. The summed E-state index contributed by atoms with van der Waals surface area (Å²) in [5.74, 6) is 0. The summed E-state index contributed by atoms with van der Waals surface area (Å²) in [7, 11) is 0. The van der Waals surface area contributed by atoms with Crippen molar-refractivity contribution in [2.45, 2.75) is 59.2 Å². The Morgan fingerprint density at radius 1 is 1.33 bits per heavy atom. The minimum atomic E-state index is 0.544. The van der Waals surface area contributed by atoms with E-state index in [1.807, 2.05) is 0 Å². The number of hydrogen-bond acceptors (Lipinski definition) is 2. The van der Waals surface area contributed by atoms with Gasteiger partial charge in [-0.3, -0.25) is 0 Å². The van der Waals surface area contributed by atoms with Gasteiger partial charge in [0.1, 0.15) is 0 Å². The molecule has 0 atom stereocenters. The van der Waals surface area contributed by atoms with Crippen LogP contribution in [0.2, 0.25) is 0 Å². The van der Waals surface area contributed by atoms with Gasteiger partial charge >= 0.3 is 0 Å². The zero-order chi connectivity index (χ0) is 13.1. The summed E-state index contributed by atoms with van der Waals surface area (Å²) in [4.78, 5) is 2.53. The smallest absolute Gasteiger partial charge is 0.0371 e. The molecule has 0 unspecified atom stereocenters. The molecule has 1 fully saturated rings. The van der Waals surface area contributed by atoms with E-state index in [0.29, 0.717) is 6.04 Å². The molecule has 1 N–H and O–H groups in total. The maximum Gasteiger partial charge on any atom is 0.0371 e. The average molecular weight is 246 g/mol. The van der Waals surface area contributed by atoms with E-state index >= 15 is 0 Å². The highest BCUT2D eigenvalue weighted by Gasteiger charge is 2.28. The van der Waals surface area contributed by atoms with Crippen molar-refractivity contribution in [2.24, 2.45) is 0 Å². The molecule has 0 spiro atoms. The number of anilines is 1. The molecule has 0 bridgehead atoms. The van der Waals surface area contributed by atoms with Gasteiger partial charge in [0.15, 0.2) is 0 Å². The lowest BCUT2D eigenvalue weighted by Gasteiger charge is -2.24. The standard InChI is InChI=1S/C16H26N2/c1-5-18(15-8-9-15)16-7-6-14(13(4)10-16)11-17-12(2)3/h6-7,10,12,15,17H,5,8-9,11H2,1-4H3. The highest BCUT2D eigenvalue weighted by Crippen LogP contribution is 2.32. The summed E-state index contributed by atoms with van der Waals surface area (Å²) in [5, 5.41) is 3.49. The van der Waals surface area contributed by atoms with Crippen LogP contribution in [0.3, 0.4) is 0 Å². The van der Waals surface area contributed by atoms with Gasteiger partial charge in [0.25, 0.3) is 0 Å². The van der Waals surface area contributed by atoms with Crippen LogP contribution < -0.4 is 10.2 Å². The molecule has 2 rings (SSSR count). The van der Waals surface area contributed by atoms with E-state index in [0.717, 1.165) is 19.1 Å². The van der Waals surface area contributed by atoms with Crippen LogP contribution in [-0.4, -0.2) is 18.6 Å². The van der Waals surface area contributed by atoms with Gasteiger partial charge in [-0.15, -0.1) is 0 Å². The number of nitrogens with zero attached hydrogens (tertiary/aromatic N) is 1. The fourth-order valence-corrected chi connectivity index (χ4v) is 2.41. The van der Waals surface area contributed by atoms with Crippen molar-refractivity contribution in [1.29, 1.82) is 0 Å². The maximum absolute atomic E-state index is 3.49. The Morgan fingerprint density at radius 3 is 2.56 bits per heavy atom. The van der Waals surface area contributed by atoms with Crippen LogP contribution in [0.25, 0.3) is 0 Å². The zero-order valence-electron chi connectivity index (χ0n) is 12.2. The summed E-state index contributed by atoms with van der Waals surface area (Å²) < 4.78 is 0. The zero-order valence-corrected chi connectivity index (χ0v) is 12.2. The van der Waals surface area contributed by atoms with Crippen molar-refractivity contribution in [1.82, 2.24) is 5.32 Å². The molecular weight excluding hydrogens is 220 g/mol. The lowest BCUT2D eigenvalue weighted by Crippen LogP contribution is -2.25. The second kappa shape index (κ2) is 5.75. The van der Waals surface area contributed by atoms with E-state index in [1.165, 1.54) is 29.7 Å². The maximum atomic E-state index is 3.49. The first-order valence-electron chi connectivity index (χ1n) is 7.21. The van der Waals surface area contributed by atoms with Gasteiger partial charge < -0.3 is 10.2 Å². The number of hydrogen-bond donors (Lipinski definition) is 1. The van der Waals surface area contributed by atoms with Crippen LogP contribution >= 0.6 is 0 Å². The molecular formula is C16H26N2. The van der Waals surface area contributed by atoms with E-state index in [2.05, 4.69) is 56.1 Å². The van der Waals surface area contributed by atoms with Crippen LogP contribution in [0.1, 0.15) is 44.7 Å². The predicted octanol–water partition coefficient (Wildman–Crippen LogP) is 3.48. The molecule has 1 aliphatic carbocycles. The van der Waals surface area contributed by atoms with Crippen molar-refractivity contribution in [3.05, 3.63) is 29.3 Å². The van der Waals surface area contributed by atoms with Gasteiger partial charge in [-0.25, -0.2) is 0 Å². The highest BCUT2D eigenvalue weighted by atomic mass is 15.2. The topological polar surface area (TPSA) is 15.3 Å². The van der Waals surface area contributed by atoms with E-state index in [1.54, 1.807) is 0 Å². The predicted molar refractivity (Wildman–Crippen MR) is 79.2 cm³/mol. The first-order valence-corrected chi connectivity index (χ1v) is 7.21. The third kappa shape index (κ3) is 3.26. The molecule has 0 aromatic heterocycles. The van der Waals surface area contributed by atoms with Gasteiger partial charge in [0.2, 0.25) is 0 Å². The molecule has 1 saturated carbocycles. The van der Waals surface area contributed by atoms with Crippen LogP contribution in [0.15, 0.2) is 18.2 Å². The minimum Gasteiger partial charge on any atom is -0.369 e. The number of rotatable bonds is 6. The Balaban J connectivity index is 2.08. The highest BCUT2D eigenvalue weighted by molar-refractivity contribution is 5.52. The van der Waals surface area contributed by atoms with Crippen molar-refractivity contribution < 1.29 is 0 Å². The Morgan fingerprint density at radius 2 is 2.06 bits per heavy atom. The normalized spacial score (nSPS) is 15.2. The van der Waals surface area contributed by atoms with Gasteiger partial charge in [0, 0.05) is 30.9 Å². The first-order chi connectivity index (χ1) is 8.61. The summed E-state index contributed by atoms with van der Waals surface area (Å²) in [6.07, 6.45) is 2.73. The lowest BCUT2D eigenvalue weighted by atomic mass is 10.1. The largest absolute Gasteiger partial charge is 0.369 e. The number of aryl methyl sites for hydroxylation is 1. The first kappa shape index (κ1) is 13.4. The van der Waals surface area contributed by atoms with Crippen LogP contribution in [0, 0.1) is 6.92 Å². The molecule has 0 radical (unpaired) electrons. The van der Waals surface area contributed by atoms with Crippen molar-refractivity contribution in [3.63, 3.8) is 0 Å². The van der Waals surface area contributed by atoms with Crippen LogP contribution in [0.4, 0.5) is 5.69 Å². The van der Waals surface area contributed by atoms with E-state index in [9.17, 15) is 0 Å². The van der Waals surface area contributed by atoms with E-state index in [4.69, 9.17) is 0 Å². The second-order valence-electron chi connectivity index (χ2n) is 5.66. The Hall–Kier alpha value is -1.02. The molecule has 2 heteroatoms. The molecule has 18 heavy (non-hydrogen) atoms. The quantitative estimate of drug-likeness (QED) is 0.826. The van der Waals surface area contributed by atoms with Crippen LogP contribution in [-0.2, 0) is 6.54 Å². The Labute approximate surface area is 111 Å². The van der Waals surface area contributed by atoms with Crippen LogP contribution in [0.5, 0.6) is 0 Å². The lowest BCUT2D eigenvalue weighted by molar-refractivity contribution is 0.587. The van der Waals surface area contributed by atoms with Crippen molar-refractivity contribution >= 4 is 5.69 Å². The van der Waals surface area contributed by atoms with Crippen molar-refractivity contribution in [2.75, 3.05) is 11.4 Å². The Bertz CT molecular complexity index is 394. The monoisotopic (exact) mass is 246 g/mol. The summed E-state index contributed by atoms with van der Waals surface area (Å²) in [6.45, 7) is 10.9.